The van der Waals surface area contributed by atoms with Crippen LogP contribution in [0.3, 0.4) is 0 Å². The van der Waals surface area contributed by atoms with E-state index in [2.05, 4.69) is 10.6 Å². The molecule has 0 saturated carbocycles. The van der Waals surface area contributed by atoms with Crippen LogP contribution in [0, 0.1) is 0 Å². The van der Waals surface area contributed by atoms with Crippen LogP contribution >= 0.6 is 0 Å². The zero-order valence-corrected chi connectivity index (χ0v) is 16.0. The van der Waals surface area contributed by atoms with Gasteiger partial charge in [-0.2, -0.15) is 0 Å². The summed E-state index contributed by atoms with van der Waals surface area (Å²) in [6.07, 6.45) is -0.962. The minimum atomic E-state index is -0.962. The van der Waals surface area contributed by atoms with Crippen LogP contribution < -0.4 is 20.1 Å². The van der Waals surface area contributed by atoms with Crippen molar-refractivity contribution < 1.29 is 28.6 Å². The summed E-state index contributed by atoms with van der Waals surface area (Å²) in [7, 11) is 2.94. The minimum Gasteiger partial charge on any atom is -0.497 e. The molecule has 26 heavy (non-hydrogen) atoms. The van der Waals surface area contributed by atoms with Gasteiger partial charge in [0.25, 0.3) is 11.8 Å². The highest BCUT2D eigenvalue weighted by Crippen LogP contribution is 2.22. The Bertz CT molecular complexity index is 644. The summed E-state index contributed by atoms with van der Waals surface area (Å²) in [5.74, 6) is -0.723. The SMILES string of the molecule is COc1cc(OC)cc(C(=O)NCC(=O)O[C@@H](C)C(=O)NC(C)(C)C)c1. The summed E-state index contributed by atoms with van der Waals surface area (Å²) < 4.78 is 15.2. The second kappa shape index (κ2) is 9.07. The number of amides is 2. The van der Waals surface area contributed by atoms with Crippen LogP contribution in [-0.2, 0) is 14.3 Å². The van der Waals surface area contributed by atoms with E-state index in [1.54, 1.807) is 6.07 Å². The monoisotopic (exact) mass is 366 g/mol. The first-order chi connectivity index (χ1) is 12.1. The Balaban J connectivity index is 2.59. The largest absolute Gasteiger partial charge is 0.497 e. The van der Waals surface area contributed by atoms with Gasteiger partial charge in [0.05, 0.1) is 14.2 Å². The lowest BCUT2D eigenvalue weighted by atomic mass is 10.1. The normalized spacial score (nSPS) is 11.9. The molecule has 1 aromatic rings. The number of methoxy groups -OCH3 is 2. The average Bonchev–Trinajstić information content (AvgIpc) is 2.57. The average molecular weight is 366 g/mol. The number of hydrogen-bond acceptors (Lipinski definition) is 6. The molecular formula is C18H26N2O6. The molecule has 0 aliphatic carbocycles. The maximum Gasteiger partial charge on any atom is 0.326 e. The van der Waals surface area contributed by atoms with E-state index in [1.165, 1.54) is 33.3 Å². The van der Waals surface area contributed by atoms with Crippen molar-refractivity contribution in [2.75, 3.05) is 20.8 Å². The van der Waals surface area contributed by atoms with E-state index < -0.39 is 29.4 Å². The summed E-state index contributed by atoms with van der Waals surface area (Å²) in [6.45, 7) is 6.56. The first kappa shape index (κ1) is 21.3. The van der Waals surface area contributed by atoms with Gasteiger partial charge in [0.2, 0.25) is 0 Å². The molecule has 8 nitrogen and oxygen atoms in total. The van der Waals surface area contributed by atoms with E-state index in [1.807, 2.05) is 20.8 Å². The third kappa shape index (κ3) is 7.00. The molecule has 0 saturated heterocycles. The summed E-state index contributed by atoms with van der Waals surface area (Å²) in [5.41, 5.74) is -0.162. The Morgan fingerprint density at radius 2 is 1.58 bits per heavy atom. The third-order valence-corrected chi connectivity index (χ3v) is 3.18. The topological polar surface area (TPSA) is 103 Å². The summed E-state index contributed by atoms with van der Waals surface area (Å²) >= 11 is 0. The predicted molar refractivity (Wildman–Crippen MR) is 95.3 cm³/mol. The van der Waals surface area contributed by atoms with Gasteiger partial charge in [0, 0.05) is 17.2 Å². The van der Waals surface area contributed by atoms with Crippen molar-refractivity contribution in [2.45, 2.75) is 39.3 Å². The second-order valence-corrected chi connectivity index (χ2v) is 6.66. The molecule has 2 N–H and O–H groups in total. The molecule has 0 spiro atoms. The zero-order valence-electron chi connectivity index (χ0n) is 16.0. The van der Waals surface area contributed by atoms with Crippen molar-refractivity contribution in [3.8, 4) is 11.5 Å². The third-order valence-electron chi connectivity index (χ3n) is 3.18. The van der Waals surface area contributed by atoms with E-state index >= 15 is 0 Å². The highest BCUT2D eigenvalue weighted by atomic mass is 16.5. The number of hydrogen-bond donors (Lipinski definition) is 2. The van der Waals surface area contributed by atoms with Gasteiger partial charge in [-0.15, -0.1) is 0 Å². The fraction of sp³-hybridized carbons (Fsp3) is 0.500. The molecule has 0 fully saturated rings. The molecule has 0 bridgehead atoms. The van der Waals surface area contributed by atoms with Gasteiger partial charge >= 0.3 is 5.97 Å². The molecule has 0 aliphatic heterocycles. The smallest absolute Gasteiger partial charge is 0.326 e. The lowest BCUT2D eigenvalue weighted by Gasteiger charge is -2.23. The zero-order chi connectivity index (χ0) is 19.9. The Labute approximate surface area is 153 Å². The summed E-state index contributed by atoms with van der Waals surface area (Å²) in [4.78, 5) is 35.9. The van der Waals surface area contributed by atoms with E-state index in [4.69, 9.17) is 14.2 Å². The van der Waals surface area contributed by atoms with Crippen LogP contribution in [0.15, 0.2) is 18.2 Å². The van der Waals surface area contributed by atoms with E-state index in [9.17, 15) is 14.4 Å². The van der Waals surface area contributed by atoms with Crippen LogP contribution in [0.2, 0.25) is 0 Å². The van der Waals surface area contributed by atoms with Crippen LogP contribution in [0.4, 0.5) is 0 Å². The van der Waals surface area contributed by atoms with Gasteiger partial charge in [-0.05, 0) is 39.8 Å². The maximum absolute atomic E-state index is 12.2. The molecule has 8 heteroatoms. The molecular weight excluding hydrogens is 340 g/mol. The van der Waals surface area contributed by atoms with Gasteiger partial charge in [-0.3, -0.25) is 14.4 Å². The molecule has 144 valence electrons. The molecule has 0 unspecified atom stereocenters. The van der Waals surface area contributed by atoms with E-state index in [0.29, 0.717) is 11.5 Å². The number of rotatable bonds is 7. The molecule has 0 aromatic heterocycles. The predicted octanol–water partition coefficient (Wildman–Crippen LogP) is 1.28. The molecule has 1 atom stereocenters. The number of carbonyl (C=O) groups is 3. The Morgan fingerprint density at radius 3 is 2.04 bits per heavy atom. The number of ether oxygens (including phenoxy) is 3. The first-order valence-electron chi connectivity index (χ1n) is 8.08. The van der Waals surface area contributed by atoms with Crippen molar-refractivity contribution in [1.29, 1.82) is 0 Å². The van der Waals surface area contributed by atoms with Crippen LogP contribution in [0.1, 0.15) is 38.1 Å². The molecule has 0 radical (unpaired) electrons. The van der Waals surface area contributed by atoms with Crippen molar-refractivity contribution in [3.05, 3.63) is 23.8 Å². The van der Waals surface area contributed by atoms with Crippen molar-refractivity contribution >= 4 is 17.8 Å². The highest BCUT2D eigenvalue weighted by molar-refractivity contribution is 5.97. The van der Waals surface area contributed by atoms with Gasteiger partial charge in [-0.1, -0.05) is 0 Å². The number of benzene rings is 1. The number of carbonyl (C=O) groups excluding carboxylic acids is 3. The Hall–Kier alpha value is -2.77. The minimum absolute atomic E-state index is 0.271. The fourth-order valence-electron chi connectivity index (χ4n) is 1.96. The van der Waals surface area contributed by atoms with Gasteiger partial charge in [0.1, 0.15) is 18.0 Å². The van der Waals surface area contributed by atoms with Gasteiger partial charge in [0.15, 0.2) is 6.10 Å². The van der Waals surface area contributed by atoms with Crippen molar-refractivity contribution in [3.63, 3.8) is 0 Å². The van der Waals surface area contributed by atoms with Crippen LogP contribution in [0.25, 0.3) is 0 Å². The highest BCUT2D eigenvalue weighted by Gasteiger charge is 2.22. The quantitative estimate of drug-likeness (QED) is 0.705. The second-order valence-electron chi connectivity index (χ2n) is 6.66. The Morgan fingerprint density at radius 1 is 1.04 bits per heavy atom. The standard InChI is InChI=1S/C18H26N2O6/c1-11(16(22)20-18(2,3)4)26-15(21)10-19-17(23)12-7-13(24-5)9-14(8-12)25-6/h7-9,11H,10H2,1-6H3,(H,19,23)(H,20,22)/t11-/m0/s1. The summed E-state index contributed by atoms with van der Waals surface area (Å²) in [5, 5.41) is 5.15. The van der Waals surface area contributed by atoms with Crippen molar-refractivity contribution in [1.82, 2.24) is 10.6 Å². The Kier molecular flexibility index (Phi) is 7.42. The maximum atomic E-state index is 12.2. The number of nitrogens with one attached hydrogen (secondary N) is 2. The van der Waals surface area contributed by atoms with Crippen LogP contribution in [0.5, 0.6) is 11.5 Å². The molecule has 1 rings (SSSR count). The summed E-state index contributed by atoms with van der Waals surface area (Å²) in [6, 6.07) is 4.66. The van der Waals surface area contributed by atoms with Gasteiger partial charge < -0.3 is 24.8 Å². The fourth-order valence-corrected chi connectivity index (χ4v) is 1.96. The van der Waals surface area contributed by atoms with E-state index in [0.717, 1.165) is 0 Å². The van der Waals surface area contributed by atoms with Crippen LogP contribution in [-0.4, -0.2) is 50.2 Å². The molecule has 2 amide bonds. The molecule has 0 heterocycles. The first-order valence-corrected chi connectivity index (χ1v) is 8.08. The van der Waals surface area contributed by atoms with Gasteiger partial charge in [-0.25, -0.2) is 0 Å². The number of esters is 1. The lowest BCUT2D eigenvalue weighted by Crippen LogP contribution is -2.46. The van der Waals surface area contributed by atoms with E-state index in [-0.39, 0.29) is 12.1 Å². The van der Waals surface area contributed by atoms with Crippen molar-refractivity contribution in [2.24, 2.45) is 0 Å². The molecule has 0 aliphatic rings. The molecule has 1 aromatic carbocycles. The lowest BCUT2D eigenvalue weighted by molar-refractivity contribution is -0.154.